The minimum Gasteiger partial charge on any atom is -0.357 e. The number of guanidine groups is 1. The maximum Gasteiger partial charge on any atom is 0.191 e. The summed E-state index contributed by atoms with van der Waals surface area (Å²) in [6, 6.07) is 0.602. The van der Waals surface area contributed by atoms with Crippen molar-refractivity contribution in [1.82, 2.24) is 30.3 Å². The van der Waals surface area contributed by atoms with Crippen molar-refractivity contribution in [1.29, 1.82) is 0 Å². The van der Waals surface area contributed by atoms with E-state index in [-0.39, 0.29) is 0 Å². The zero-order valence-electron chi connectivity index (χ0n) is 13.9. The Morgan fingerprint density at radius 1 is 1.43 bits per heavy atom. The quantitative estimate of drug-likeness (QED) is 0.543. The van der Waals surface area contributed by atoms with Gasteiger partial charge in [0.15, 0.2) is 5.96 Å². The standard InChI is InChI=1S/C14H29N7/c1-6-12(3)20(4)9-8-16-14(15-7-2)17-10-13-18-11-19-21(13)5/h11-12H,6-10H2,1-5H3,(H2,15,16,17). The maximum absolute atomic E-state index is 4.53. The Balaban J connectivity index is 2.44. The first kappa shape index (κ1) is 17.4. The van der Waals surface area contributed by atoms with E-state index in [0.717, 1.165) is 37.8 Å². The summed E-state index contributed by atoms with van der Waals surface area (Å²) in [7, 11) is 4.03. The molecule has 0 bridgehead atoms. The molecule has 2 N–H and O–H groups in total. The Morgan fingerprint density at radius 2 is 2.19 bits per heavy atom. The lowest BCUT2D eigenvalue weighted by atomic mass is 10.2. The molecule has 0 amide bonds. The molecule has 0 saturated carbocycles. The molecule has 1 aromatic rings. The highest BCUT2D eigenvalue weighted by Crippen LogP contribution is 1.98. The maximum atomic E-state index is 4.53. The van der Waals surface area contributed by atoms with Crippen molar-refractivity contribution in [2.75, 3.05) is 26.7 Å². The molecule has 1 unspecified atom stereocenters. The smallest absolute Gasteiger partial charge is 0.191 e. The van der Waals surface area contributed by atoms with E-state index in [1.54, 1.807) is 11.0 Å². The number of aromatic nitrogens is 3. The number of rotatable bonds is 8. The van der Waals surface area contributed by atoms with Gasteiger partial charge in [-0.05, 0) is 27.3 Å². The van der Waals surface area contributed by atoms with Gasteiger partial charge in [0, 0.05) is 32.7 Å². The van der Waals surface area contributed by atoms with Gasteiger partial charge in [0.25, 0.3) is 0 Å². The van der Waals surface area contributed by atoms with Crippen molar-refractivity contribution in [2.24, 2.45) is 12.0 Å². The monoisotopic (exact) mass is 295 g/mol. The van der Waals surface area contributed by atoms with Crippen molar-refractivity contribution in [3.63, 3.8) is 0 Å². The predicted molar refractivity (Wildman–Crippen MR) is 86.2 cm³/mol. The second-order valence-corrected chi connectivity index (χ2v) is 5.16. The Kier molecular flexibility index (Phi) is 7.74. The fourth-order valence-corrected chi connectivity index (χ4v) is 1.84. The summed E-state index contributed by atoms with van der Waals surface area (Å²) in [5, 5.41) is 10.6. The molecule has 0 spiro atoms. The van der Waals surface area contributed by atoms with Gasteiger partial charge in [-0.15, -0.1) is 0 Å². The van der Waals surface area contributed by atoms with Crippen LogP contribution in [0, 0.1) is 0 Å². The van der Waals surface area contributed by atoms with E-state index < -0.39 is 0 Å². The number of hydrogen-bond donors (Lipinski definition) is 2. The molecule has 21 heavy (non-hydrogen) atoms. The highest BCUT2D eigenvalue weighted by molar-refractivity contribution is 5.79. The van der Waals surface area contributed by atoms with E-state index in [0.29, 0.717) is 12.6 Å². The molecule has 0 aromatic carbocycles. The highest BCUT2D eigenvalue weighted by atomic mass is 15.3. The molecule has 1 aromatic heterocycles. The molecular weight excluding hydrogens is 266 g/mol. The van der Waals surface area contributed by atoms with Gasteiger partial charge < -0.3 is 15.5 Å². The molecule has 7 nitrogen and oxygen atoms in total. The first-order valence-electron chi connectivity index (χ1n) is 7.63. The molecule has 0 saturated heterocycles. The number of aliphatic imine (C=N–C) groups is 1. The first-order chi connectivity index (χ1) is 10.1. The van der Waals surface area contributed by atoms with Crippen LogP contribution in [0.15, 0.2) is 11.3 Å². The van der Waals surface area contributed by atoms with E-state index in [1.165, 1.54) is 0 Å². The summed E-state index contributed by atoms with van der Waals surface area (Å²) in [5.41, 5.74) is 0. The lowest BCUT2D eigenvalue weighted by molar-refractivity contribution is 0.255. The average molecular weight is 295 g/mol. The lowest BCUT2D eigenvalue weighted by Gasteiger charge is -2.23. The highest BCUT2D eigenvalue weighted by Gasteiger charge is 2.06. The van der Waals surface area contributed by atoms with E-state index in [4.69, 9.17) is 0 Å². The fourth-order valence-electron chi connectivity index (χ4n) is 1.84. The predicted octanol–water partition coefficient (Wildman–Crippen LogP) is 0.601. The number of likely N-dealkylation sites (N-methyl/N-ethyl adjacent to an activating group) is 1. The van der Waals surface area contributed by atoms with Crippen molar-refractivity contribution in [3.8, 4) is 0 Å². The van der Waals surface area contributed by atoms with Gasteiger partial charge in [-0.25, -0.2) is 9.98 Å². The van der Waals surface area contributed by atoms with Crippen LogP contribution < -0.4 is 10.6 Å². The van der Waals surface area contributed by atoms with Crippen LogP contribution in [-0.2, 0) is 13.6 Å². The van der Waals surface area contributed by atoms with E-state index in [1.807, 2.05) is 7.05 Å². The van der Waals surface area contributed by atoms with Crippen LogP contribution in [0.25, 0.3) is 0 Å². The van der Waals surface area contributed by atoms with Gasteiger partial charge in [0.2, 0.25) is 0 Å². The summed E-state index contributed by atoms with van der Waals surface area (Å²) >= 11 is 0. The van der Waals surface area contributed by atoms with Gasteiger partial charge in [-0.2, -0.15) is 5.10 Å². The molecule has 0 aliphatic rings. The summed E-state index contributed by atoms with van der Waals surface area (Å²) in [6.45, 7) is 9.73. The van der Waals surface area contributed by atoms with E-state index in [9.17, 15) is 0 Å². The van der Waals surface area contributed by atoms with Gasteiger partial charge in [0.1, 0.15) is 18.7 Å². The van der Waals surface area contributed by atoms with Crippen LogP contribution in [0.4, 0.5) is 0 Å². The molecule has 120 valence electrons. The van der Waals surface area contributed by atoms with Crippen LogP contribution in [0.2, 0.25) is 0 Å². The summed E-state index contributed by atoms with van der Waals surface area (Å²) < 4.78 is 1.74. The molecule has 0 fully saturated rings. The fraction of sp³-hybridized carbons (Fsp3) is 0.786. The van der Waals surface area contributed by atoms with Crippen LogP contribution in [0.1, 0.15) is 33.0 Å². The third-order valence-corrected chi connectivity index (χ3v) is 3.63. The Hall–Kier alpha value is -1.63. The minimum atomic E-state index is 0.521. The SMILES string of the molecule is CCNC(=NCc1ncnn1C)NCCN(C)C(C)CC. The van der Waals surface area contributed by atoms with E-state index in [2.05, 4.69) is 58.4 Å². The number of aryl methyl sites for hydroxylation is 1. The normalized spacial score (nSPS) is 13.5. The molecular formula is C14H29N7. The zero-order valence-corrected chi connectivity index (χ0v) is 13.9. The van der Waals surface area contributed by atoms with Gasteiger partial charge in [-0.1, -0.05) is 6.92 Å². The summed E-state index contributed by atoms with van der Waals surface area (Å²) in [4.78, 5) is 11.0. The second-order valence-electron chi connectivity index (χ2n) is 5.16. The molecule has 1 heterocycles. The Bertz CT molecular complexity index is 427. The van der Waals surface area contributed by atoms with Crippen LogP contribution in [0.3, 0.4) is 0 Å². The summed E-state index contributed by atoms with van der Waals surface area (Å²) in [6.07, 6.45) is 2.71. The molecule has 1 rings (SSSR count). The van der Waals surface area contributed by atoms with Crippen LogP contribution >= 0.6 is 0 Å². The van der Waals surface area contributed by atoms with Crippen LogP contribution in [-0.4, -0.2) is 58.3 Å². The number of nitrogens with one attached hydrogen (secondary N) is 2. The number of hydrogen-bond acceptors (Lipinski definition) is 4. The first-order valence-corrected chi connectivity index (χ1v) is 7.63. The Morgan fingerprint density at radius 3 is 2.76 bits per heavy atom. The van der Waals surface area contributed by atoms with Crippen molar-refractivity contribution < 1.29 is 0 Å². The van der Waals surface area contributed by atoms with Crippen LogP contribution in [0.5, 0.6) is 0 Å². The minimum absolute atomic E-state index is 0.521. The number of nitrogens with zero attached hydrogens (tertiary/aromatic N) is 5. The molecule has 0 aliphatic heterocycles. The molecule has 0 radical (unpaired) electrons. The summed E-state index contributed by atoms with van der Waals surface area (Å²) in [5.74, 6) is 1.67. The largest absolute Gasteiger partial charge is 0.357 e. The van der Waals surface area contributed by atoms with Crippen molar-refractivity contribution in [2.45, 2.75) is 39.8 Å². The Labute approximate surface area is 127 Å². The van der Waals surface area contributed by atoms with Gasteiger partial charge >= 0.3 is 0 Å². The van der Waals surface area contributed by atoms with Gasteiger partial charge in [0.05, 0.1) is 0 Å². The molecule has 1 atom stereocenters. The molecule has 7 heteroatoms. The molecule has 0 aliphatic carbocycles. The third kappa shape index (κ3) is 6.12. The second kappa shape index (κ2) is 9.33. The van der Waals surface area contributed by atoms with Gasteiger partial charge in [-0.3, -0.25) is 4.68 Å². The third-order valence-electron chi connectivity index (χ3n) is 3.63. The zero-order chi connectivity index (χ0) is 15.7. The lowest BCUT2D eigenvalue weighted by Crippen LogP contribution is -2.42. The van der Waals surface area contributed by atoms with E-state index >= 15 is 0 Å². The van der Waals surface area contributed by atoms with Crippen molar-refractivity contribution in [3.05, 3.63) is 12.2 Å². The van der Waals surface area contributed by atoms with Crippen molar-refractivity contribution >= 4 is 5.96 Å². The average Bonchev–Trinajstić information content (AvgIpc) is 2.89. The topological polar surface area (TPSA) is 70.4 Å².